The van der Waals surface area contributed by atoms with Crippen LogP contribution in [0.3, 0.4) is 0 Å². The van der Waals surface area contributed by atoms with Crippen molar-refractivity contribution >= 4 is 39.9 Å². The molecular formula is C30H30N2O7S. The van der Waals surface area contributed by atoms with E-state index in [1.807, 2.05) is 13.8 Å². The topological polar surface area (TPSA) is 115 Å². The number of aromatic nitrogens is 1. The molecule has 1 N–H and O–H groups in total. The van der Waals surface area contributed by atoms with Crippen LogP contribution in [0.1, 0.15) is 51.9 Å². The van der Waals surface area contributed by atoms with Crippen molar-refractivity contribution in [1.82, 2.24) is 4.98 Å². The van der Waals surface area contributed by atoms with Crippen molar-refractivity contribution in [3.8, 4) is 11.5 Å². The van der Waals surface area contributed by atoms with Crippen LogP contribution in [0.25, 0.3) is 5.76 Å². The van der Waals surface area contributed by atoms with Crippen molar-refractivity contribution in [2.75, 3.05) is 24.7 Å². The van der Waals surface area contributed by atoms with E-state index in [0.29, 0.717) is 41.5 Å². The molecule has 2 heterocycles. The van der Waals surface area contributed by atoms with E-state index in [0.717, 1.165) is 16.9 Å². The lowest BCUT2D eigenvalue weighted by atomic mass is 9.95. The monoisotopic (exact) mass is 562 g/mol. The van der Waals surface area contributed by atoms with Crippen LogP contribution in [0.15, 0.2) is 60.7 Å². The third kappa shape index (κ3) is 5.48. The van der Waals surface area contributed by atoms with Gasteiger partial charge < -0.3 is 19.3 Å². The normalized spacial score (nSPS) is 16.2. The Balaban J connectivity index is 1.87. The molecule has 1 aliphatic heterocycles. The number of esters is 1. The zero-order valence-corrected chi connectivity index (χ0v) is 23.5. The highest BCUT2D eigenvalue weighted by atomic mass is 32.1. The highest BCUT2D eigenvalue weighted by molar-refractivity contribution is 7.17. The van der Waals surface area contributed by atoms with Gasteiger partial charge in [0.05, 0.1) is 30.5 Å². The predicted octanol–water partition coefficient (Wildman–Crippen LogP) is 5.53. The maximum Gasteiger partial charge on any atom is 0.350 e. The van der Waals surface area contributed by atoms with E-state index in [1.165, 1.54) is 4.90 Å². The number of nitrogens with zero attached hydrogens (tertiary/aromatic N) is 2. The zero-order chi connectivity index (χ0) is 29.0. The van der Waals surface area contributed by atoms with Gasteiger partial charge in [0.25, 0.3) is 5.78 Å². The number of aliphatic hydroxyl groups excluding tert-OH is 1. The summed E-state index contributed by atoms with van der Waals surface area (Å²) >= 11 is 0.953. The highest BCUT2D eigenvalue weighted by Gasteiger charge is 2.48. The molecule has 1 saturated heterocycles. The number of aliphatic hydroxyl groups is 1. The fourth-order valence-corrected chi connectivity index (χ4v) is 5.38. The summed E-state index contributed by atoms with van der Waals surface area (Å²) in [6.07, 6.45) is 1.62. The molecule has 40 heavy (non-hydrogen) atoms. The van der Waals surface area contributed by atoms with Crippen molar-refractivity contribution in [1.29, 1.82) is 0 Å². The summed E-state index contributed by atoms with van der Waals surface area (Å²) in [5, 5.41) is 11.6. The minimum absolute atomic E-state index is 0.0983. The van der Waals surface area contributed by atoms with Crippen LogP contribution in [0.5, 0.6) is 11.5 Å². The molecule has 0 bridgehead atoms. The van der Waals surface area contributed by atoms with Crippen molar-refractivity contribution < 1.29 is 33.7 Å². The van der Waals surface area contributed by atoms with Gasteiger partial charge in [-0.2, -0.15) is 0 Å². The Morgan fingerprint density at radius 3 is 2.45 bits per heavy atom. The van der Waals surface area contributed by atoms with E-state index < -0.39 is 23.7 Å². The van der Waals surface area contributed by atoms with Gasteiger partial charge >= 0.3 is 11.9 Å². The Hall–Kier alpha value is -4.44. The van der Waals surface area contributed by atoms with E-state index in [2.05, 4.69) is 11.6 Å². The van der Waals surface area contributed by atoms with E-state index in [-0.39, 0.29) is 27.9 Å². The van der Waals surface area contributed by atoms with Crippen LogP contribution in [-0.4, -0.2) is 47.6 Å². The van der Waals surface area contributed by atoms with Gasteiger partial charge in [-0.1, -0.05) is 36.1 Å². The molecule has 3 aromatic rings. The molecular weight excluding hydrogens is 532 g/mol. The highest BCUT2D eigenvalue weighted by Crippen LogP contribution is 2.44. The number of hydrogen-bond donors (Lipinski definition) is 1. The van der Waals surface area contributed by atoms with Gasteiger partial charge in [-0.3, -0.25) is 14.5 Å². The van der Waals surface area contributed by atoms with Gasteiger partial charge in [0.15, 0.2) is 5.13 Å². The molecule has 9 nitrogen and oxygen atoms in total. The first-order valence-electron chi connectivity index (χ1n) is 12.7. The minimum atomic E-state index is -1.01. The number of ketones is 1. The summed E-state index contributed by atoms with van der Waals surface area (Å²) in [5.74, 6) is -1.42. The van der Waals surface area contributed by atoms with Gasteiger partial charge in [-0.05, 0) is 69.2 Å². The minimum Gasteiger partial charge on any atom is -0.507 e. The number of carbonyl (C=O) groups is 3. The SMILES string of the molecule is C=CCOc1ccc([C@H]2C(=C(O)c3ccc(OCC)c(C)c3)C(=O)C(=O)N2c2nc(C)c(C(=O)OCC)s2)cc1. The van der Waals surface area contributed by atoms with E-state index in [9.17, 15) is 19.5 Å². The molecule has 1 fully saturated rings. The number of anilines is 1. The zero-order valence-electron chi connectivity index (χ0n) is 22.7. The molecule has 1 amide bonds. The second-order valence-corrected chi connectivity index (χ2v) is 9.86. The lowest BCUT2D eigenvalue weighted by molar-refractivity contribution is -0.132. The number of benzene rings is 2. The van der Waals surface area contributed by atoms with E-state index in [4.69, 9.17) is 14.2 Å². The lowest BCUT2D eigenvalue weighted by Crippen LogP contribution is -2.29. The van der Waals surface area contributed by atoms with Crippen molar-refractivity contribution in [3.05, 3.63) is 88.0 Å². The smallest absolute Gasteiger partial charge is 0.350 e. The molecule has 0 unspecified atom stereocenters. The number of carbonyl (C=O) groups excluding carboxylic acids is 3. The van der Waals surface area contributed by atoms with Crippen LogP contribution in [-0.2, 0) is 14.3 Å². The first kappa shape index (κ1) is 28.6. The fourth-order valence-electron chi connectivity index (χ4n) is 4.39. The fraction of sp³-hybridized carbons (Fsp3) is 0.267. The number of thiazole rings is 1. The molecule has 208 valence electrons. The Labute approximate surface area is 236 Å². The summed E-state index contributed by atoms with van der Waals surface area (Å²) in [4.78, 5) is 45.4. The van der Waals surface area contributed by atoms with Crippen molar-refractivity contribution in [3.63, 3.8) is 0 Å². The molecule has 2 aromatic carbocycles. The molecule has 1 aromatic heterocycles. The maximum atomic E-state index is 13.5. The van der Waals surface area contributed by atoms with Crippen molar-refractivity contribution in [2.24, 2.45) is 0 Å². The quantitative estimate of drug-likeness (QED) is 0.113. The number of amides is 1. The number of aryl methyl sites for hydroxylation is 2. The first-order valence-corrected chi connectivity index (χ1v) is 13.6. The van der Waals surface area contributed by atoms with Crippen LogP contribution >= 0.6 is 11.3 Å². The summed E-state index contributed by atoms with van der Waals surface area (Å²) in [6.45, 7) is 11.6. The number of hydrogen-bond acceptors (Lipinski definition) is 9. The number of ether oxygens (including phenoxy) is 3. The summed E-state index contributed by atoms with van der Waals surface area (Å²) in [7, 11) is 0. The summed E-state index contributed by atoms with van der Waals surface area (Å²) < 4.78 is 16.3. The van der Waals surface area contributed by atoms with Gasteiger partial charge in [0.2, 0.25) is 0 Å². The van der Waals surface area contributed by atoms with Crippen LogP contribution in [0.4, 0.5) is 5.13 Å². The Kier molecular flexibility index (Phi) is 8.69. The predicted molar refractivity (Wildman–Crippen MR) is 152 cm³/mol. The number of rotatable bonds is 10. The first-order chi connectivity index (χ1) is 19.2. The standard InChI is InChI=1S/C30H30N2O7S/c1-6-15-39-21-12-9-19(10-13-21)24-23(25(33)20-11-14-22(37-7-2)17(4)16-20)26(34)28(35)32(24)30-31-18(5)27(40-30)29(36)38-8-3/h6,9-14,16,24,33H,1,7-8,15H2,2-5H3/t24-/m0/s1. The maximum absolute atomic E-state index is 13.5. The molecule has 0 radical (unpaired) electrons. The van der Waals surface area contributed by atoms with Crippen LogP contribution in [0, 0.1) is 13.8 Å². The molecule has 10 heteroatoms. The van der Waals surface area contributed by atoms with Gasteiger partial charge in [-0.15, -0.1) is 0 Å². The third-order valence-corrected chi connectivity index (χ3v) is 7.35. The van der Waals surface area contributed by atoms with Gasteiger partial charge in [-0.25, -0.2) is 9.78 Å². The second-order valence-electron chi connectivity index (χ2n) is 8.88. The average molecular weight is 563 g/mol. The van der Waals surface area contributed by atoms with Crippen LogP contribution in [0.2, 0.25) is 0 Å². The molecule has 4 rings (SSSR count). The summed E-state index contributed by atoms with van der Waals surface area (Å²) in [5.41, 5.74) is 1.93. The average Bonchev–Trinajstić information content (AvgIpc) is 3.45. The molecule has 0 saturated carbocycles. The van der Waals surface area contributed by atoms with Gasteiger partial charge in [0, 0.05) is 5.56 Å². The van der Waals surface area contributed by atoms with E-state index in [1.54, 1.807) is 62.4 Å². The second kappa shape index (κ2) is 12.2. The Morgan fingerprint density at radius 2 is 1.82 bits per heavy atom. The third-order valence-electron chi connectivity index (χ3n) is 6.21. The Morgan fingerprint density at radius 1 is 1.10 bits per heavy atom. The van der Waals surface area contributed by atoms with E-state index >= 15 is 0 Å². The van der Waals surface area contributed by atoms with Crippen molar-refractivity contribution in [2.45, 2.75) is 33.7 Å². The van der Waals surface area contributed by atoms with Gasteiger partial charge in [0.1, 0.15) is 28.7 Å². The molecule has 1 aliphatic rings. The van der Waals surface area contributed by atoms with Crippen LogP contribution < -0.4 is 14.4 Å². The molecule has 0 aliphatic carbocycles. The largest absolute Gasteiger partial charge is 0.507 e. The molecule has 1 atom stereocenters. The molecule has 0 spiro atoms. The summed E-state index contributed by atoms with van der Waals surface area (Å²) in [6, 6.07) is 10.9. The Bertz CT molecular complexity index is 1490. The lowest BCUT2D eigenvalue weighted by Gasteiger charge is -2.23. The number of Topliss-reactive ketones (excluding diaryl/α,β-unsaturated/α-hetero) is 1.